The lowest BCUT2D eigenvalue weighted by molar-refractivity contribution is -0.141. The maximum Gasteiger partial charge on any atom is 0.434 e. The highest BCUT2D eigenvalue weighted by molar-refractivity contribution is 7.10. The summed E-state index contributed by atoms with van der Waals surface area (Å²) in [6, 6.07) is 3.37. The van der Waals surface area contributed by atoms with E-state index in [1.54, 1.807) is 24.0 Å². The molecule has 4 rings (SSSR count). The van der Waals surface area contributed by atoms with E-state index in [0.29, 0.717) is 60.0 Å². The van der Waals surface area contributed by atoms with Crippen LogP contribution in [-0.2, 0) is 10.9 Å². The van der Waals surface area contributed by atoms with Crippen LogP contribution in [0.5, 0.6) is 5.88 Å². The number of aliphatic hydroxyl groups excluding tert-OH is 1. The fourth-order valence-electron chi connectivity index (χ4n) is 3.86. The van der Waals surface area contributed by atoms with Crippen molar-refractivity contribution in [2.75, 3.05) is 23.7 Å². The summed E-state index contributed by atoms with van der Waals surface area (Å²) in [7, 11) is 0. The Morgan fingerprint density at radius 3 is 2.42 bits per heavy atom. The number of aliphatic hydroxyl groups is 1. The molecule has 0 aromatic carbocycles. The number of rotatable bonds is 7. The highest BCUT2D eigenvalue weighted by Gasteiger charge is 2.33. The van der Waals surface area contributed by atoms with Crippen molar-refractivity contribution >= 4 is 34.1 Å². The molecule has 0 aliphatic carbocycles. The first-order valence-corrected chi connectivity index (χ1v) is 13.2. The standard InChI is InChI=1S/C25H30F3N7O4S/c1-14-20(22(40-34-14)33-18-13-29-17(12-30-18)25(26,27)28)21(36)32-15-5-6-19(31-11-15)38-16-7-9-35(10-8-16)23(37)39-24(2,3)4/h5-6,11-13,16,21,32,36H,7-10H2,1-4H3,(H,30,33). The molecule has 1 fully saturated rings. The lowest BCUT2D eigenvalue weighted by atomic mass is 10.1. The van der Waals surface area contributed by atoms with E-state index in [-0.39, 0.29) is 18.0 Å². The molecule has 1 aliphatic heterocycles. The van der Waals surface area contributed by atoms with E-state index in [4.69, 9.17) is 9.47 Å². The third-order valence-electron chi connectivity index (χ3n) is 5.79. The molecule has 1 amide bonds. The fourth-order valence-corrected chi connectivity index (χ4v) is 4.70. The van der Waals surface area contributed by atoms with Crippen LogP contribution in [-0.4, -0.2) is 60.2 Å². The van der Waals surface area contributed by atoms with Crippen LogP contribution in [0.3, 0.4) is 0 Å². The average molecular weight is 582 g/mol. The van der Waals surface area contributed by atoms with Gasteiger partial charge in [-0.05, 0) is 45.3 Å². The molecule has 11 nitrogen and oxygen atoms in total. The second kappa shape index (κ2) is 11.8. The Labute approximate surface area is 232 Å². The van der Waals surface area contributed by atoms with Gasteiger partial charge in [0.05, 0.1) is 35.5 Å². The number of carbonyl (C=O) groups excluding carboxylic acids is 1. The molecule has 0 bridgehead atoms. The van der Waals surface area contributed by atoms with Crippen LogP contribution in [0.1, 0.15) is 56.8 Å². The van der Waals surface area contributed by atoms with Gasteiger partial charge in [-0.25, -0.2) is 19.7 Å². The Hall–Kier alpha value is -3.72. The Balaban J connectivity index is 1.31. The third-order valence-corrected chi connectivity index (χ3v) is 6.66. The smallest absolute Gasteiger partial charge is 0.434 e. The summed E-state index contributed by atoms with van der Waals surface area (Å²) in [4.78, 5) is 25.4. The molecule has 1 unspecified atom stereocenters. The molecule has 0 saturated carbocycles. The van der Waals surface area contributed by atoms with Crippen molar-refractivity contribution < 1.29 is 32.5 Å². The molecule has 3 aromatic rings. The molecular weight excluding hydrogens is 551 g/mol. The number of ether oxygens (including phenoxy) is 2. The van der Waals surface area contributed by atoms with Gasteiger partial charge in [0, 0.05) is 32.0 Å². The van der Waals surface area contributed by atoms with Gasteiger partial charge in [-0.1, -0.05) is 0 Å². The first-order chi connectivity index (χ1) is 18.8. The van der Waals surface area contributed by atoms with E-state index >= 15 is 0 Å². The normalized spacial score (nSPS) is 15.4. The summed E-state index contributed by atoms with van der Waals surface area (Å²) in [6.45, 7) is 8.23. The molecule has 4 heterocycles. The Kier molecular flexibility index (Phi) is 8.63. The lowest BCUT2D eigenvalue weighted by Crippen LogP contribution is -2.44. The van der Waals surface area contributed by atoms with Crippen molar-refractivity contribution in [2.45, 2.75) is 64.6 Å². The number of pyridine rings is 1. The van der Waals surface area contributed by atoms with E-state index in [1.165, 1.54) is 6.20 Å². The number of alkyl halides is 3. The van der Waals surface area contributed by atoms with Crippen molar-refractivity contribution in [1.29, 1.82) is 0 Å². The second-order valence-corrected chi connectivity index (χ2v) is 10.9. The molecule has 15 heteroatoms. The molecule has 1 aliphatic rings. The van der Waals surface area contributed by atoms with Crippen molar-refractivity contribution in [3.63, 3.8) is 0 Å². The summed E-state index contributed by atoms with van der Waals surface area (Å²) >= 11 is 1.03. The second-order valence-electron chi connectivity index (χ2n) is 10.1. The van der Waals surface area contributed by atoms with E-state index in [2.05, 4.69) is 30.0 Å². The number of likely N-dealkylation sites (tertiary alicyclic amines) is 1. The van der Waals surface area contributed by atoms with Gasteiger partial charge in [0.1, 0.15) is 22.5 Å². The van der Waals surface area contributed by atoms with Gasteiger partial charge in [-0.3, -0.25) is 0 Å². The molecule has 0 spiro atoms. The number of aromatic nitrogens is 4. The maximum absolute atomic E-state index is 12.8. The highest BCUT2D eigenvalue weighted by atomic mass is 32.1. The Morgan fingerprint density at radius 2 is 1.85 bits per heavy atom. The van der Waals surface area contributed by atoms with Gasteiger partial charge >= 0.3 is 12.3 Å². The van der Waals surface area contributed by atoms with Gasteiger partial charge in [0.15, 0.2) is 11.9 Å². The van der Waals surface area contributed by atoms with Crippen molar-refractivity contribution in [2.24, 2.45) is 0 Å². The van der Waals surface area contributed by atoms with E-state index in [1.807, 2.05) is 20.8 Å². The van der Waals surface area contributed by atoms with Crippen molar-refractivity contribution in [3.05, 3.63) is 47.7 Å². The highest BCUT2D eigenvalue weighted by Crippen LogP contribution is 2.34. The molecular formula is C25H30F3N7O4S. The average Bonchev–Trinajstić information content (AvgIpc) is 3.24. The van der Waals surface area contributed by atoms with Crippen LogP contribution in [0, 0.1) is 6.92 Å². The van der Waals surface area contributed by atoms with Crippen LogP contribution in [0.15, 0.2) is 30.7 Å². The van der Waals surface area contributed by atoms with Crippen LogP contribution in [0.25, 0.3) is 0 Å². The minimum Gasteiger partial charge on any atom is -0.474 e. The minimum absolute atomic E-state index is 0.0743. The zero-order valence-electron chi connectivity index (χ0n) is 22.3. The zero-order chi connectivity index (χ0) is 29.1. The van der Waals surface area contributed by atoms with E-state index in [0.717, 1.165) is 17.7 Å². The van der Waals surface area contributed by atoms with Gasteiger partial charge in [0.25, 0.3) is 0 Å². The molecule has 40 heavy (non-hydrogen) atoms. The number of anilines is 3. The van der Waals surface area contributed by atoms with Crippen LogP contribution in [0.2, 0.25) is 0 Å². The summed E-state index contributed by atoms with van der Waals surface area (Å²) in [6.07, 6.45) is -1.84. The molecule has 1 saturated heterocycles. The Bertz CT molecular complexity index is 1290. The monoisotopic (exact) mass is 581 g/mol. The number of nitrogens with one attached hydrogen (secondary N) is 2. The largest absolute Gasteiger partial charge is 0.474 e. The first-order valence-electron chi connectivity index (χ1n) is 12.5. The molecule has 216 valence electrons. The third kappa shape index (κ3) is 7.69. The summed E-state index contributed by atoms with van der Waals surface area (Å²) in [5, 5.41) is 17.0. The molecule has 1 atom stereocenters. The summed E-state index contributed by atoms with van der Waals surface area (Å²) < 4.78 is 53.9. The van der Waals surface area contributed by atoms with Crippen LogP contribution >= 0.6 is 11.5 Å². The minimum atomic E-state index is -4.59. The number of aryl methyl sites for hydroxylation is 1. The number of nitrogens with zero attached hydrogens (tertiary/aromatic N) is 5. The predicted octanol–water partition coefficient (Wildman–Crippen LogP) is 5.28. The SMILES string of the molecule is Cc1nsc(Nc2cnc(C(F)(F)F)cn2)c1C(O)Nc1ccc(OC2CCN(C(=O)OC(C)(C)C)CC2)nc1. The number of piperidine rings is 1. The van der Waals surface area contributed by atoms with Crippen LogP contribution in [0.4, 0.5) is 34.5 Å². The molecule has 3 N–H and O–H groups in total. The summed E-state index contributed by atoms with van der Waals surface area (Å²) in [5.74, 6) is 0.484. The predicted molar refractivity (Wildman–Crippen MR) is 141 cm³/mol. The summed E-state index contributed by atoms with van der Waals surface area (Å²) in [5.41, 5.74) is -0.214. The number of hydrogen-bond donors (Lipinski definition) is 3. The topological polar surface area (TPSA) is 135 Å². The number of halogens is 3. The van der Waals surface area contributed by atoms with Gasteiger partial charge in [-0.15, -0.1) is 0 Å². The van der Waals surface area contributed by atoms with Gasteiger partial charge < -0.3 is 30.1 Å². The van der Waals surface area contributed by atoms with E-state index in [9.17, 15) is 23.1 Å². The quantitative estimate of drug-likeness (QED) is 0.316. The number of carbonyl (C=O) groups is 1. The van der Waals surface area contributed by atoms with Crippen molar-refractivity contribution in [1.82, 2.24) is 24.2 Å². The van der Waals surface area contributed by atoms with Crippen LogP contribution < -0.4 is 15.4 Å². The van der Waals surface area contributed by atoms with Gasteiger partial charge in [0.2, 0.25) is 5.88 Å². The lowest BCUT2D eigenvalue weighted by Gasteiger charge is -2.33. The van der Waals surface area contributed by atoms with Gasteiger partial charge in [-0.2, -0.15) is 17.5 Å². The maximum atomic E-state index is 12.8. The number of hydrogen-bond acceptors (Lipinski definition) is 11. The molecule has 0 radical (unpaired) electrons. The number of amides is 1. The fraction of sp³-hybridized carbons (Fsp3) is 0.480. The van der Waals surface area contributed by atoms with E-state index < -0.39 is 23.7 Å². The Morgan fingerprint density at radius 1 is 1.12 bits per heavy atom. The molecule has 3 aromatic heterocycles. The zero-order valence-corrected chi connectivity index (χ0v) is 23.1. The van der Waals surface area contributed by atoms with Crippen molar-refractivity contribution in [3.8, 4) is 5.88 Å². The first kappa shape index (κ1) is 29.3.